The highest BCUT2D eigenvalue weighted by Gasteiger charge is 2.38. The van der Waals surface area contributed by atoms with Crippen LogP contribution in [0.1, 0.15) is 65.9 Å². The Morgan fingerprint density at radius 2 is 1.73 bits per heavy atom. The van der Waals surface area contributed by atoms with Gasteiger partial charge in [-0.3, -0.25) is 9.59 Å². The van der Waals surface area contributed by atoms with E-state index < -0.39 is 5.60 Å². The van der Waals surface area contributed by atoms with Crippen molar-refractivity contribution >= 4 is 23.5 Å². The molecule has 0 aliphatic heterocycles. The highest BCUT2D eigenvalue weighted by atomic mass is 35.5. The van der Waals surface area contributed by atoms with Crippen LogP contribution in [0.3, 0.4) is 0 Å². The van der Waals surface area contributed by atoms with Gasteiger partial charge >= 0.3 is 11.9 Å². The van der Waals surface area contributed by atoms with Gasteiger partial charge in [-0.2, -0.15) is 0 Å². The van der Waals surface area contributed by atoms with E-state index in [9.17, 15) is 9.59 Å². The van der Waals surface area contributed by atoms with Crippen molar-refractivity contribution in [2.24, 2.45) is 11.8 Å². The van der Waals surface area contributed by atoms with Gasteiger partial charge in [-0.15, -0.1) is 11.6 Å². The van der Waals surface area contributed by atoms with E-state index in [0.29, 0.717) is 38.4 Å². The normalized spacial score (nSPS) is 15.3. The molecular weight excluding hydrogens is 404 g/mol. The van der Waals surface area contributed by atoms with E-state index in [1.165, 1.54) is 13.8 Å². The van der Waals surface area contributed by atoms with Crippen molar-refractivity contribution < 1.29 is 23.8 Å². The number of carbonyl (C=O) groups is 2. The number of hydrogen-bond acceptors (Lipinski definition) is 5. The fourth-order valence-corrected chi connectivity index (χ4v) is 3.51. The second kappa shape index (κ2) is 13.7. The maximum atomic E-state index is 11.8. The predicted molar refractivity (Wildman–Crippen MR) is 119 cm³/mol. The average Bonchev–Trinajstić information content (AvgIpc) is 2.68. The van der Waals surface area contributed by atoms with Crippen molar-refractivity contribution in [3.63, 3.8) is 0 Å². The van der Waals surface area contributed by atoms with E-state index >= 15 is 0 Å². The van der Waals surface area contributed by atoms with E-state index in [4.69, 9.17) is 25.8 Å². The first-order valence-electron chi connectivity index (χ1n) is 10.7. The van der Waals surface area contributed by atoms with Gasteiger partial charge in [-0.05, 0) is 44.1 Å². The second-order valence-electron chi connectivity index (χ2n) is 8.38. The van der Waals surface area contributed by atoms with E-state index in [1.54, 1.807) is 0 Å². The maximum absolute atomic E-state index is 11.8. The van der Waals surface area contributed by atoms with Crippen LogP contribution < -0.4 is 0 Å². The largest absolute Gasteiger partial charge is 0.465 e. The standard InChI is InChI=1S/C24H37ClO5/c1-18(2)23(25)13-14-24(5,30-20(4)27)22(17-29-19(3)26)12-9-15-28-16-21-10-7-6-8-11-21/h6-8,10-11,18,22-23H,9,12-17H2,1-5H3/t22-,23+,24+/m0/s1. The first kappa shape index (κ1) is 26.4. The minimum atomic E-state index is -0.761. The quantitative estimate of drug-likeness (QED) is 0.216. The lowest BCUT2D eigenvalue weighted by molar-refractivity contribution is -0.167. The third-order valence-electron chi connectivity index (χ3n) is 5.32. The lowest BCUT2D eigenvalue weighted by atomic mass is 9.81. The molecule has 1 aromatic rings. The number of hydrogen-bond donors (Lipinski definition) is 0. The van der Waals surface area contributed by atoms with E-state index in [0.717, 1.165) is 12.0 Å². The van der Waals surface area contributed by atoms with Crippen LogP contribution in [0.4, 0.5) is 0 Å². The van der Waals surface area contributed by atoms with Gasteiger partial charge < -0.3 is 14.2 Å². The lowest BCUT2D eigenvalue weighted by Gasteiger charge is -2.37. The minimum Gasteiger partial charge on any atom is -0.465 e. The minimum absolute atomic E-state index is 0.0107. The van der Waals surface area contributed by atoms with E-state index in [1.807, 2.05) is 37.3 Å². The van der Waals surface area contributed by atoms with Crippen LogP contribution in [0, 0.1) is 11.8 Å². The molecule has 0 saturated carbocycles. The van der Waals surface area contributed by atoms with Gasteiger partial charge in [0, 0.05) is 31.7 Å². The molecular formula is C24H37ClO5. The fraction of sp³-hybridized carbons (Fsp3) is 0.667. The second-order valence-corrected chi connectivity index (χ2v) is 8.95. The zero-order valence-electron chi connectivity index (χ0n) is 19.0. The molecule has 5 nitrogen and oxygen atoms in total. The Morgan fingerprint density at radius 1 is 1.07 bits per heavy atom. The third kappa shape index (κ3) is 10.4. The Balaban J connectivity index is 2.72. The van der Waals surface area contributed by atoms with Gasteiger partial charge in [-0.25, -0.2) is 0 Å². The number of rotatable bonds is 14. The van der Waals surface area contributed by atoms with Crippen LogP contribution in [0.25, 0.3) is 0 Å². The smallest absolute Gasteiger partial charge is 0.303 e. The molecule has 0 amide bonds. The molecule has 30 heavy (non-hydrogen) atoms. The van der Waals surface area contributed by atoms with Crippen LogP contribution in [0.15, 0.2) is 30.3 Å². The van der Waals surface area contributed by atoms with Crippen LogP contribution in [0.2, 0.25) is 0 Å². The van der Waals surface area contributed by atoms with Gasteiger partial charge in [-0.1, -0.05) is 44.2 Å². The molecule has 170 valence electrons. The molecule has 0 spiro atoms. The van der Waals surface area contributed by atoms with Crippen molar-refractivity contribution in [1.82, 2.24) is 0 Å². The highest BCUT2D eigenvalue weighted by Crippen LogP contribution is 2.34. The summed E-state index contributed by atoms with van der Waals surface area (Å²) >= 11 is 6.45. The van der Waals surface area contributed by atoms with Gasteiger partial charge in [0.25, 0.3) is 0 Å². The number of alkyl halides is 1. The number of esters is 2. The zero-order valence-corrected chi connectivity index (χ0v) is 19.7. The summed E-state index contributed by atoms with van der Waals surface area (Å²) in [6, 6.07) is 10.0. The Labute approximate surface area is 186 Å². The van der Waals surface area contributed by atoms with Crippen molar-refractivity contribution in [2.75, 3.05) is 13.2 Å². The fourth-order valence-electron chi connectivity index (χ4n) is 3.40. The van der Waals surface area contributed by atoms with E-state index in [-0.39, 0.29) is 29.8 Å². The molecule has 0 unspecified atom stereocenters. The Bertz CT molecular complexity index is 634. The molecule has 0 fully saturated rings. The van der Waals surface area contributed by atoms with E-state index in [2.05, 4.69) is 13.8 Å². The molecule has 0 saturated heterocycles. The van der Waals surface area contributed by atoms with Gasteiger partial charge in [0.2, 0.25) is 0 Å². The Hall–Kier alpha value is -1.59. The summed E-state index contributed by atoms with van der Waals surface area (Å²) in [6.45, 7) is 10.2. The number of carbonyl (C=O) groups excluding carboxylic acids is 2. The molecule has 0 bridgehead atoms. The molecule has 1 aromatic carbocycles. The van der Waals surface area contributed by atoms with Crippen molar-refractivity contribution in [2.45, 2.75) is 77.9 Å². The van der Waals surface area contributed by atoms with Crippen molar-refractivity contribution in [3.05, 3.63) is 35.9 Å². The zero-order chi connectivity index (χ0) is 22.6. The van der Waals surface area contributed by atoms with Crippen LogP contribution in [0.5, 0.6) is 0 Å². The van der Waals surface area contributed by atoms with Crippen LogP contribution in [-0.4, -0.2) is 36.1 Å². The summed E-state index contributed by atoms with van der Waals surface area (Å²) in [7, 11) is 0. The molecule has 0 radical (unpaired) electrons. The summed E-state index contributed by atoms with van der Waals surface area (Å²) in [4.78, 5) is 23.2. The molecule has 0 heterocycles. The summed E-state index contributed by atoms with van der Waals surface area (Å²) in [5, 5.41) is -0.0107. The highest BCUT2D eigenvalue weighted by molar-refractivity contribution is 6.20. The lowest BCUT2D eigenvalue weighted by Crippen LogP contribution is -2.43. The number of benzene rings is 1. The third-order valence-corrected chi connectivity index (χ3v) is 6.04. The average molecular weight is 441 g/mol. The van der Waals surface area contributed by atoms with Gasteiger partial charge in [0.05, 0.1) is 13.2 Å². The molecule has 0 aromatic heterocycles. The number of halogens is 1. The van der Waals surface area contributed by atoms with Gasteiger partial charge in [0.15, 0.2) is 0 Å². The first-order chi connectivity index (χ1) is 14.1. The molecule has 0 N–H and O–H groups in total. The maximum Gasteiger partial charge on any atom is 0.303 e. The Morgan fingerprint density at radius 3 is 2.30 bits per heavy atom. The van der Waals surface area contributed by atoms with Crippen LogP contribution in [-0.2, 0) is 30.4 Å². The molecule has 3 atom stereocenters. The molecule has 6 heteroatoms. The summed E-state index contributed by atoms with van der Waals surface area (Å²) in [5.74, 6) is -0.502. The SMILES string of the molecule is CC(=O)OC[C@H](CCCOCc1ccccc1)[C@@](C)(CC[C@@H](Cl)C(C)C)OC(C)=O. The van der Waals surface area contributed by atoms with Crippen molar-refractivity contribution in [1.29, 1.82) is 0 Å². The first-order valence-corrected chi connectivity index (χ1v) is 11.2. The summed E-state index contributed by atoms with van der Waals surface area (Å²) < 4.78 is 16.8. The monoisotopic (exact) mass is 440 g/mol. The van der Waals surface area contributed by atoms with Gasteiger partial charge in [0.1, 0.15) is 5.60 Å². The summed E-state index contributed by atoms with van der Waals surface area (Å²) in [6.07, 6.45) is 2.80. The molecule has 1 rings (SSSR count). The van der Waals surface area contributed by atoms with Crippen LogP contribution >= 0.6 is 11.6 Å². The van der Waals surface area contributed by atoms with Crippen molar-refractivity contribution in [3.8, 4) is 0 Å². The molecule has 0 aliphatic rings. The Kier molecular flexibility index (Phi) is 12.0. The summed E-state index contributed by atoms with van der Waals surface area (Å²) in [5.41, 5.74) is 0.364. The molecule has 0 aliphatic carbocycles. The topological polar surface area (TPSA) is 61.8 Å². The number of ether oxygens (including phenoxy) is 3. The predicted octanol–water partition coefficient (Wildman–Crippen LogP) is 5.53.